The van der Waals surface area contributed by atoms with Gasteiger partial charge >= 0.3 is 0 Å². The molecule has 22 heavy (non-hydrogen) atoms. The molecule has 0 aliphatic carbocycles. The van der Waals surface area contributed by atoms with Gasteiger partial charge in [-0.3, -0.25) is 0 Å². The van der Waals surface area contributed by atoms with E-state index in [1.807, 2.05) is 13.8 Å². The van der Waals surface area contributed by atoms with Crippen molar-refractivity contribution in [2.75, 3.05) is 11.5 Å². The molecule has 2 atom stereocenters. The van der Waals surface area contributed by atoms with E-state index in [1.165, 1.54) is 0 Å². The molecule has 0 saturated carbocycles. The smallest absolute Gasteiger partial charge is 0.122 e. The van der Waals surface area contributed by atoms with E-state index in [-0.39, 0.29) is 0 Å². The Kier molecular flexibility index (Phi) is 4.44. The van der Waals surface area contributed by atoms with Gasteiger partial charge in [0.1, 0.15) is 11.2 Å². The lowest BCUT2D eigenvalue weighted by molar-refractivity contribution is -0.169. The summed E-state index contributed by atoms with van der Waals surface area (Å²) in [7, 11) is 0. The third kappa shape index (κ3) is 2.56. The fourth-order valence-corrected chi connectivity index (χ4v) is 2.99. The molecule has 0 amide bonds. The van der Waals surface area contributed by atoms with Crippen LogP contribution in [0.5, 0.6) is 0 Å². The van der Waals surface area contributed by atoms with Crippen molar-refractivity contribution in [1.29, 1.82) is 0 Å². The molecular weight excluding hydrogens is 276 g/mol. The van der Waals surface area contributed by atoms with Gasteiger partial charge in [-0.1, -0.05) is 38.1 Å². The minimum Gasteiger partial charge on any atom is -0.399 e. The molecule has 0 fully saturated rings. The van der Waals surface area contributed by atoms with E-state index in [0.717, 1.165) is 0 Å². The van der Waals surface area contributed by atoms with Crippen molar-refractivity contribution in [2.24, 2.45) is 0 Å². The highest BCUT2D eigenvalue weighted by Gasteiger charge is 2.49. The summed E-state index contributed by atoms with van der Waals surface area (Å²) < 4.78 is 0. The molecule has 0 spiro atoms. The van der Waals surface area contributed by atoms with Crippen LogP contribution in [0.4, 0.5) is 11.4 Å². The Balaban J connectivity index is 2.57. The normalized spacial score (nSPS) is 16.7. The number of hydrogen-bond donors (Lipinski definition) is 4. The van der Waals surface area contributed by atoms with Gasteiger partial charge in [0, 0.05) is 11.4 Å². The molecule has 2 rings (SSSR count). The average Bonchev–Trinajstić information content (AvgIpc) is 2.54. The third-order valence-electron chi connectivity index (χ3n) is 4.48. The van der Waals surface area contributed by atoms with Crippen LogP contribution in [0.15, 0.2) is 48.5 Å². The summed E-state index contributed by atoms with van der Waals surface area (Å²) in [5.74, 6) is 0. The predicted molar refractivity (Wildman–Crippen MR) is 90.1 cm³/mol. The predicted octanol–water partition coefficient (Wildman–Crippen LogP) is 2.75. The van der Waals surface area contributed by atoms with Crippen LogP contribution < -0.4 is 11.5 Å². The topological polar surface area (TPSA) is 92.5 Å². The SMILES string of the molecule is CCC(O)(c1ccc(N)cc1)C(O)(CC)c1ccc(N)cc1. The Morgan fingerprint density at radius 3 is 1.18 bits per heavy atom. The molecular formula is C18H24N2O2. The van der Waals surface area contributed by atoms with Gasteiger partial charge in [0.15, 0.2) is 0 Å². The van der Waals surface area contributed by atoms with Crippen molar-refractivity contribution < 1.29 is 10.2 Å². The number of nitrogen functional groups attached to an aromatic ring is 2. The van der Waals surface area contributed by atoms with Crippen LogP contribution in [0.1, 0.15) is 37.8 Å². The molecule has 0 saturated heterocycles. The van der Waals surface area contributed by atoms with E-state index in [2.05, 4.69) is 0 Å². The second-order valence-electron chi connectivity index (χ2n) is 5.67. The molecule has 0 aliphatic heterocycles. The van der Waals surface area contributed by atoms with Crippen LogP contribution in [0.25, 0.3) is 0 Å². The molecule has 6 N–H and O–H groups in total. The summed E-state index contributed by atoms with van der Waals surface area (Å²) in [6, 6.07) is 14.0. The minimum absolute atomic E-state index is 0.367. The van der Waals surface area contributed by atoms with E-state index >= 15 is 0 Å². The third-order valence-corrected chi connectivity index (χ3v) is 4.48. The van der Waals surface area contributed by atoms with Gasteiger partial charge in [0.05, 0.1) is 0 Å². The number of anilines is 2. The Hall–Kier alpha value is -2.04. The fourth-order valence-electron chi connectivity index (χ4n) is 2.99. The summed E-state index contributed by atoms with van der Waals surface area (Å²) in [6.07, 6.45) is 0.733. The van der Waals surface area contributed by atoms with Gasteiger partial charge in [-0.2, -0.15) is 0 Å². The molecule has 2 aromatic carbocycles. The van der Waals surface area contributed by atoms with Gasteiger partial charge in [-0.15, -0.1) is 0 Å². The average molecular weight is 300 g/mol. The molecule has 0 radical (unpaired) electrons. The van der Waals surface area contributed by atoms with E-state index in [9.17, 15) is 10.2 Å². The lowest BCUT2D eigenvalue weighted by Crippen LogP contribution is -2.48. The number of benzene rings is 2. The largest absolute Gasteiger partial charge is 0.399 e. The summed E-state index contributed by atoms with van der Waals surface area (Å²) in [4.78, 5) is 0. The molecule has 0 aromatic heterocycles. The highest BCUT2D eigenvalue weighted by atomic mass is 16.4. The maximum atomic E-state index is 11.3. The van der Waals surface area contributed by atoms with E-state index in [0.29, 0.717) is 35.3 Å². The van der Waals surface area contributed by atoms with Crippen LogP contribution in [0.2, 0.25) is 0 Å². The highest BCUT2D eigenvalue weighted by Crippen LogP contribution is 2.45. The molecule has 0 aliphatic rings. The Morgan fingerprint density at radius 2 is 0.955 bits per heavy atom. The fraction of sp³-hybridized carbons (Fsp3) is 0.333. The molecule has 0 heterocycles. The van der Waals surface area contributed by atoms with Crippen LogP contribution in [0, 0.1) is 0 Å². The number of hydrogen-bond acceptors (Lipinski definition) is 4. The first-order valence-corrected chi connectivity index (χ1v) is 7.54. The van der Waals surface area contributed by atoms with Crippen molar-refractivity contribution in [1.82, 2.24) is 0 Å². The van der Waals surface area contributed by atoms with E-state index in [4.69, 9.17) is 11.5 Å². The first-order valence-electron chi connectivity index (χ1n) is 7.54. The zero-order valence-electron chi connectivity index (χ0n) is 13.1. The van der Waals surface area contributed by atoms with Crippen molar-refractivity contribution in [3.8, 4) is 0 Å². The second kappa shape index (κ2) is 5.99. The van der Waals surface area contributed by atoms with Gasteiger partial charge in [-0.25, -0.2) is 0 Å². The van der Waals surface area contributed by atoms with Crippen molar-refractivity contribution in [3.63, 3.8) is 0 Å². The van der Waals surface area contributed by atoms with Gasteiger partial charge < -0.3 is 21.7 Å². The maximum absolute atomic E-state index is 11.3. The van der Waals surface area contributed by atoms with Gasteiger partial charge in [-0.05, 0) is 48.2 Å². The van der Waals surface area contributed by atoms with Crippen LogP contribution in [0.3, 0.4) is 0 Å². The zero-order chi connectivity index (χ0) is 16.4. The Morgan fingerprint density at radius 1 is 0.682 bits per heavy atom. The molecule has 0 bridgehead atoms. The summed E-state index contributed by atoms with van der Waals surface area (Å²) in [5.41, 5.74) is 11.2. The summed E-state index contributed by atoms with van der Waals surface area (Å²) >= 11 is 0. The number of aliphatic hydroxyl groups is 2. The second-order valence-corrected chi connectivity index (χ2v) is 5.67. The maximum Gasteiger partial charge on any atom is 0.122 e. The van der Waals surface area contributed by atoms with Crippen molar-refractivity contribution in [3.05, 3.63) is 59.7 Å². The van der Waals surface area contributed by atoms with E-state index < -0.39 is 11.2 Å². The van der Waals surface area contributed by atoms with Gasteiger partial charge in [0.2, 0.25) is 0 Å². The molecule has 2 aromatic rings. The van der Waals surface area contributed by atoms with Gasteiger partial charge in [0.25, 0.3) is 0 Å². The minimum atomic E-state index is -1.41. The van der Waals surface area contributed by atoms with Crippen LogP contribution in [-0.2, 0) is 11.2 Å². The van der Waals surface area contributed by atoms with Crippen molar-refractivity contribution in [2.45, 2.75) is 37.9 Å². The highest BCUT2D eigenvalue weighted by molar-refractivity contribution is 5.45. The quantitative estimate of drug-likeness (QED) is 0.639. The summed E-state index contributed by atoms with van der Waals surface area (Å²) in [6.45, 7) is 3.71. The first kappa shape index (κ1) is 16.3. The lowest BCUT2D eigenvalue weighted by Gasteiger charge is -2.43. The first-order chi connectivity index (χ1) is 10.4. The number of rotatable bonds is 5. The molecule has 4 heteroatoms. The lowest BCUT2D eigenvalue weighted by atomic mass is 9.70. The van der Waals surface area contributed by atoms with Crippen molar-refractivity contribution >= 4 is 11.4 Å². The monoisotopic (exact) mass is 300 g/mol. The van der Waals surface area contributed by atoms with E-state index in [1.54, 1.807) is 48.5 Å². The summed E-state index contributed by atoms with van der Waals surface area (Å²) in [5, 5.41) is 22.6. The van der Waals surface area contributed by atoms with Crippen LogP contribution >= 0.6 is 0 Å². The molecule has 118 valence electrons. The number of nitrogens with two attached hydrogens (primary N) is 2. The van der Waals surface area contributed by atoms with Crippen LogP contribution in [-0.4, -0.2) is 10.2 Å². The Bertz CT molecular complexity index is 567. The Labute approximate surface area is 131 Å². The molecule has 4 nitrogen and oxygen atoms in total. The standard InChI is InChI=1S/C18H24N2O2/c1-3-17(21,13-5-9-15(19)10-6-13)18(22,4-2)14-7-11-16(20)12-8-14/h5-12,21-22H,3-4,19-20H2,1-2H3. The zero-order valence-corrected chi connectivity index (χ0v) is 13.1. The molecule has 2 unspecified atom stereocenters.